The van der Waals surface area contributed by atoms with E-state index in [9.17, 15) is 0 Å². The van der Waals surface area contributed by atoms with E-state index < -0.39 is 0 Å². The second-order valence-corrected chi connectivity index (χ2v) is 17.5. The molecular formula is C34H64Cl2N3O+. The van der Waals surface area contributed by atoms with Gasteiger partial charge in [0, 0.05) is 30.1 Å². The van der Waals surface area contributed by atoms with Crippen molar-refractivity contribution >= 4 is 0 Å². The summed E-state index contributed by atoms with van der Waals surface area (Å²) in [4.78, 5) is 0. The summed E-state index contributed by atoms with van der Waals surface area (Å²) >= 11 is 0. The van der Waals surface area contributed by atoms with Gasteiger partial charge in [0.2, 0.25) is 5.72 Å². The van der Waals surface area contributed by atoms with Crippen LogP contribution in [0.15, 0.2) is 0 Å². The molecule has 2 saturated heterocycles. The first-order chi connectivity index (χ1) is 17.6. The van der Waals surface area contributed by atoms with Crippen LogP contribution in [0.25, 0.3) is 0 Å². The number of piperidine rings is 1. The lowest BCUT2D eigenvalue weighted by atomic mass is 9.31. The molecule has 0 amide bonds. The molecule has 4 saturated carbocycles. The van der Waals surface area contributed by atoms with E-state index in [-0.39, 0.29) is 41.6 Å². The monoisotopic (exact) mass is 600 g/mol. The molecule has 4 nitrogen and oxygen atoms in total. The molecule has 4 aliphatic carbocycles. The molecule has 7 N–H and O–H groups in total. The first-order valence-electron chi connectivity index (χ1n) is 16.8. The maximum absolute atomic E-state index is 7.54. The second kappa shape index (κ2) is 9.96. The van der Waals surface area contributed by atoms with Gasteiger partial charge >= 0.3 is 0 Å². The highest BCUT2D eigenvalue weighted by Gasteiger charge is 2.84. The Morgan fingerprint density at radius 2 is 1.52 bits per heavy atom. The van der Waals surface area contributed by atoms with Gasteiger partial charge in [-0.1, -0.05) is 55.4 Å². The van der Waals surface area contributed by atoms with Crippen LogP contribution in [0.5, 0.6) is 0 Å². The van der Waals surface area contributed by atoms with Crippen molar-refractivity contribution in [2.24, 2.45) is 50.2 Å². The lowest BCUT2D eigenvalue weighted by molar-refractivity contribution is -0.788. The standard InChI is InChI=1S/C34H61N3O.2ClH/c1-23-10-15-34(37-21-23)24(2)33(9)31(7)17-16-28(4)26(29(31,5)22-32(33,8)38-34)12-13-27(3)20-25(36-19-18-35)11-14-30(27,28)6;;/h23-26,36-37H,10-22,35H2,1-9H3;2*1H/p+1/t23-,24-,25?,26?,27+,28+,29+,30-,31-,32+,33-,34-;;/m0../s1. The molecule has 6 fully saturated rings. The molecule has 2 unspecified atom stereocenters. The van der Waals surface area contributed by atoms with E-state index in [1.807, 2.05) is 0 Å². The molecule has 12 atom stereocenters. The Morgan fingerprint density at radius 1 is 0.825 bits per heavy atom. The van der Waals surface area contributed by atoms with Crippen LogP contribution in [0.4, 0.5) is 0 Å². The lowest BCUT2D eigenvalue weighted by Gasteiger charge is -2.73. The van der Waals surface area contributed by atoms with E-state index in [1.165, 1.54) is 77.3 Å². The van der Waals surface area contributed by atoms with Gasteiger partial charge in [-0.2, -0.15) is 0 Å². The van der Waals surface area contributed by atoms with Gasteiger partial charge in [-0.25, -0.2) is 0 Å². The molecule has 0 aromatic heterocycles. The molecule has 2 heterocycles. The van der Waals surface area contributed by atoms with Crippen molar-refractivity contribution in [3.8, 4) is 0 Å². The largest absolute Gasteiger partial charge is 1.00 e. The summed E-state index contributed by atoms with van der Waals surface area (Å²) in [5.74, 6) is 2.21. The third kappa shape index (κ3) is 3.65. The Bertz CT molecular complexity index is 973. The first kappa shape index (κ1) is 33.3. The van der Waals surface area contributed by atoms with Gasteiger partial charge in [-0.3, -0.25) is 0 Å². The minimum absolute atomic E-state index is 0. The SMILES string of the molecule is C[C@H]1CC[C@]2([NH2+]C1)O[C@]1(C)C[C@]3(C)C4CC[C@]5(C)CC([NH2+]CC[NH3+])CC[C@]5(C)[C@]4(C)CC[C@]3(C)[C@]1(C)[C@@H]2C.[Cl-].[Cl-]. The van der Waals surface area contributed by atoms with Crippen LogP contribution >= 0.6 is 0 Å². The highest BCUT2D eigenvalue weighted by Crippen LogP contribution is 2.85. The van der Waals surface area contributed by atoms with Gasteiger partial charge in [0.25, 0.3) is 0 Å². The normalized spacial score (nSPS) is 58.6. The van der Waals surface area contributed by atoms with Gasteiger partial charge in [-0.05, 0) is 91.3 Å². The van der Waals surface area contributed by atoms with Gasteiger partial charge in [-0.15, -0.1) is 0 Å². The van der Waals surface area contributed by atoms with Crippen LogP contribution in [-0.2, 0) is 4.74 Å². The predicted octanol–water partition coefficient (Wildman–Crippen LogP) is -1.89. The topological polar surface area (TPSA) is 70.1 Å². The fourth-order valence-corrected chi connectivity index (χ4v) is 13.7. The first-order valence-corrected chi connectivity index (χ1v) is 16.8. The number of nitrogens with two attached hydrogens (primary N) is 2. The van der Waals surface area contributed by atoms with Crippen molar-refractivity contribution in [2.75, 3.05) is 19.6 Å². The van der Waals surface area contributed by atoms with Crippen molar-refractivity contribution in [3.63, 3.8) is 0 Å². The van der Waals surface area contributed by atoms with Crippen LogP contribution in [0.2, 0.25) is 0 Å². The van der Waals surface area contributed by atoms with Gasteiger partial charge < -0.3 is 45.9 Å². The van der Waals surface area contributed by atoms with Crippen LogP contribution in [-0.4, -0.2) is 37.0 Å². The molecular weight excluding hydrogens is 537 g/mol. The smallest absolute Gasteiger partial charge is 0.203 e. The van der Waals surface area contributed by atoms with Gasteiger partial charge in [0.15, 0.2) is 0 Å². The van der Waals surface area contributed by atoms with E-state index in [2.05, 4.69) is 78.7 Å². The number of hydrogen-bond donors (Lipinski definition) is 3. The number of hydrogen-bond acceptors (Lipinski definition) is 1. The minimum Gasteiger partial charge on any atom is -1.00 e. The number of halogens is 2. The molecule has 0 bridgehead atoms. The summed E-state index contributed by atoms with van der Waals surface area (Å²) in [6.45, 7) is 27.5. The van der Waals surface area contributed by atoms with E-state index in [0.29, 0.717) is 33.0 Å². The summed E-state index contributed by atoms with van der Waals surface area (Å²) in [5, 5.41) is 5.29. The molecule has 0 aromatic rings. The Balaban J connectivity index is 0.00000185. The summed E-state index contributed by atoms with van der Waals surface area (Å²) in [6.07, 6.45) is 13.7. The zero-order valence-electron chi connectivity index (χ0n) is 27.5. The maximum atomic E-state index is 7.54. The van der Waals surface area contributed by atoms with Crippen LogP contribution in [0, 0.1) is 50.2 Å². The molecule has 6 heteroatoms. The number of fused-ring (bicyclic) bond motifs is 7. The molecule has 40 heavy (non-hydrogen) atoms. The van der Waals surface area contributed by atoms with Crippen LogP contribution < -0.4 is 41.2 Å². The molecule has 0 aromatic carbocycles. The average molecular weight is 602 g/mol. The van der Waals surface area contributed by atoms with Crippen molar-refractivity contribution in [1.29, 1.82) is 0 Å². The minimum atomic E-state index is -0.0271. The van der Waals surface area contributed by atoms with Crippen molar-refractivity contribution in [3.05, 3.63) is 0 Å². The summed E-state index contributed by atoms with van der Waals surface area (Å²) in [5.41, 5.74) is 6.29. The Morgan fingerprint density at radius 3 is 2.15 bits per heavy atom. The second-order valence-electron chi connectivity index (χ2n) is 17.5. The molecule has 6 aliphatic rings. The number of ether oxygens (including phenoxy) is 1. The van der Waals surface area contributed by atoms with Crippen LogP contribution in [0.1, 0.15) is 127 Å². The number of quaternary nitrogens is 3. The molecule has 0 radical (unpaired) electrons. The van der Waals surface area contributed by atoms with Crippen LogP contribution in [0.3, 0.4) is 0 Å². The van der Waals surface area contributed by atoms with Crippen molar-refractivity contribution in [1.82, 2.24) is 0 Å². The molecule has 234 valence electrons. The van der Waals surface area contributed by atoms with Crippen molar-refractivity contribution < 1.29 is 45.9 Å². The van der Waals surface area contributed by atoms with E-state index in [1.54, 1.807) is 0 Å². The third-order valence-electron chi connectivity index (χ3n) is 16.8. The Kier molecular flexibility index (Phi) is 8.30. The average Bonchev–Trinajstić information content (AvgIpc) is 3.11. The van der Waals surface area contributed by atoms with E-state index >= 15 is 0 Å². The Hall–Kier alpha value is 0.420. The third-order valence-corrected chi connectivity index (χ3v) is 16.8. The summed E-state index contributed by atoms with van der Waals surface area (Å²) in [6, 6.07) is 0.808. The Labute approximate surface area is 259 Å². The fraction of sp³-hybridized carbons (Fsp3) is 1.00. The maximum Gasteiger partial charge on any atom is 0.203 e. The van der Waals surface area contributed by atoms with Crippen molar-refractivity contribution in [2.45, 2.75) is 144 Å². The van der Waals surface area contributed by atoms with E-state index in [0.717, 1.165) is 24.4 Å². The predicted molar refractivity (Wildman–Crippen MR) is 154 cm³/mol. The lowest BCUT2D eigenvalue weighted by Crippen LogP contribution is -3.01. The summed E-state index contributed by atoms with van der Waals surface area (Å²) < 4.78 is 7.54. The highest BCUT2D eigenvalue weighted by molar-refractivity contribution is 5.30. The quantitative estimate of drug-likeness (QED) is 0.348. The van der Waals surface area contributed by atoms with Gasteiger partial charge in [0.1, 0.15) is 13.1 Å². The van der Waals surface area contributed by atoms with E-state index in [4.69, 9.17) is 4.74 Å². The zero-order valence-corrected chi connectivity index (χ0v) is 29.0. The molecule has 1 spiro atoms. The highest BCUT2D eigenvalue weighted by atomic mass is 35.5. The molecule has 2 aliphatic heterocycles. The van der Waals surface area contributed by atoms with Gasteiger partial charge in [0.05, 0.1) is 18.2 Å². The molecule has 6 rings (SSSR count). The fourth-order valence-electron chi connectivity index (χ4n) is 13.7. The zero-order chi connectivity index (χ0) is 27.6. The summed E-state index contributed by atoms with van der Waals surface area (Å²) in [7, 11) is 0. The number of rotatable bonds is 3.